The van der Waals surface area contributed by atoms with E-state index < -0.39 is 0 Å². The Labute approximate surface area is 113 Å². The molecule has 0 aliphatic rings. The second kappa shape index (κ2) is 5.39. The molecular formula is C12H14BrN3O2. The van der Waals surface area contributed by atoms with Crippen molar-refractivity contribution in [1.29, 1.82) is 0 Å². The largest absolute Gasteiger partial charge is 0.444 e. The predicted octanol–water partition coefficient (Wildman–Crippen LogP) is 2.27. The number of carbonyl (C=O) groups is 1. The first-order valence-corrected chi connectivity index (χ1v) is 6.43. The summed E-state index contributed by atoms with van der Waals surface area (Å²) in [6, 6.07) is 1.77. The highest BCUT2D eigenvalue weighted by atomic mass is 79.9. The highest BCUT2D eigenvalue weighted by Gasteiger charge is 2.11. The lowest BCUT2D eigenvalue weighted by molar-refractivity contribution is 0.0939. The van der Waals surface area contributed by atoms with Gasteiger partial charge in [0.15, 0.2) is 0 Å². The molecule has 6 heteroatoms. The topological polar surface area (TPSA) is 60.1 Å². The predicted molar refractivity (Wildman–Crippen MR) is 70.2 cm³/mol. The summed E-state index contributed by atoms with van der Waals surface area (Å²) >= 11 is 3.33. The highest BCUT2D eigenvalue weighted by Crippen LogP contribution is 2.13. The van der Waals surface area contributed by atoms with Crippen LogP contribution < -0.4 is 5.32 Å². The number of carbonyl (C=O) groups excluding carboxylic acids is 1. The molecule has 0 aliphatic heterocycles. The van der Waals surface area contributed by atoms with Gasteiger partial charge in [-0.25, -0.2) is 4.98 Å². The van der Waals surface area contributed by atoms with Crippen LogP contribution in [0.2, 0.25) is 0 Å². The van der Waals surface area contributed by atoms with Crippen LogP contribution in [0.25, 0.3) is 0 Å². The second-order valence-electron chi connectivity index (χ2n) is 3.91. The number of aromatic nitrogens is 2. The average Bonchev–Trinajstić information content (AvgIpc) is 2.92. The van der Waals surface area contributed by atoms with Crippen molar-refractivity contribution < 1.29 is 9.21 Å². The van der Waals surface area contributed by atoms with Gasteiger partial charge in [0.25, 0.3) is 5.91 Å². The first-order valence-electron chi connectivity index (χ1n) is 5.63. The Hall–Kier alpha value is -1.56. The van der Waals surface area contributed by atoms with Gasteiger partial charge in [-0.05, 0) is 22.0 Å². The van der Waals surface area contributed by atoms with Crippen LogP contribution in [0.1, 0.15) is 29.1 Å². The fourth-order valence-electron chi connectivity index (χ4n) is 1.59. The lowest BCUT2D eigenvalue weighted by Crippen LogP contribution is -2.24. The van der Waals surface area contributed by atoms with Crippen molar-refractivity contribution in [3.05, 3.63) is 40.3 Å². The van der Waals surface area contributed by atoms with E-state index in [4.69, 9.17) is 4.42 Å². The fourth-order valence-corrected chi connectivity index (χ4v) is 2.11. The first-order chi connectivity index (χ1) is 8.60. The number of rotatable bonds is 4. The molecule has 0 radical (unpaired) electrons. The van der Waals surface area contributed by atoms with Gasteiger partial charge in [0.2, 0.25) is 5.89 Å². The standard InChI is InChI=1S/C12H14BrN3O2/c1-3-9-5-14-11(18-9)6-15-12(17)10-4-8(13)7-16(10)2/h4-5,7H,3,6H2,1-2H3,(H,15,17). The van der Waals surface area contributed by atoms with Gasteiger partial charge in [0, 0.05) is 24.1 Å². The molecule has 96 valence electrons. The maximum atomic E-state index is 11.9. The molecule has 0 saturated carbocycles. The van der Waals surface area contributed by atoms with Crippen molar-refractivity contribution in [3.8, 4) is 0 Å². The minimum atomic E-state index is -0.153. The van der Waals surface area contributed by atoms with E-state index in [9.17, 15) is 4.79 Å². The molecule has 0 unspecified atom stereocenters. The summed E-state index contributed by atoms with van der Waals surface area (Å²) in [6.07, 6.45) is 4.31. The van der Waals surface area contributed by atoms with E-state index in [1.54, 1.807) is 16.8 Å². The minimum absolute atomic E-state index is 0.153. The fraction of sp³-hybridized carbons (Fsp3) is 0.333. The molecule has 0 aliphatic carbocycles. The van der Waals surface area contributed by atoms with Gasteiger partial charge in [0.05, 0.1) is 12.7 Å². The van der Waals surface area contributed by atoms with Crippen LogP contribution in [0, 0.1) is 0 Å². The Morgan fingerprint density at radius 3 is 2.94 bits per heavy atom. The van der Waals surface area contributed by atoms with Crippen LogP contribution in [-0.2, 0) is 20.0 Å². The third-order valence-corrected chi connectivity index (χ3v) is 2.99. The van der Waals surface area contributed by atoms with Crippen molar-refractivity contribution in [2.75, 3.05) is 0 Å². The lowest BCUT2D eigenvalue weighted by atomic mass is 10.4. The number of oxazole rings is 1. The molecule has 2 aromatic rings. The highest BCUT2D eigenvalue weighted by molar-refractivity contribution is 9.10. The number of amides is 1. The number of hydrogen-bond acceptors (Lipinski definition) is 3. The quantitative estimate of drug-likeness (QED) is 0.942. The van der Waals surface area contributed by atoms with Crippen LogP contribution in [-0.4, -0.2) is 15.5 Å². The summed E-state index contributed by atoms with van der Waals surface area (Å²) in [5.74, 6) is 1.19. The number of halogens is 1. The normalized spacial score (nSPS) is 10.6. The molecule has 0 saturated heterocycles. The van der Waals surface area contributed by atoms with Crippen LogP contribution in [0.5, 0.6) is 0 Å². The Bertz CT molecular complexity index is 559. The van der Waals surface area contributed by atoms with Crippen LogP contribution >= 0.6 is 15.9 Å². The van der Waals surface area contributed by atoms with Crippen molar-refractivity contribution in [1.82, 2.24) is 14.9 Å². The Morgan fingerprint density at radius 1 is 1.61 bits per heavy atom. The molecule has 0 atom stereocenters. The minimum Gasteiger partial charge on any atom is -0.444 e. The third kappa shape index (κ3) is 2.81. The summed E-state index contributed by atoms with van der Waals surface area (Å²) in [5.41, 5.74) is 0.587. The second-order valence-corrected chi connectivity index (χ2v) is 4.83. The van der Waals surface area contributed by atoms with E-state index in [1.807, 2.05) is 20.2 Å². The van der Waals surface area contributed by atoms with Crippen molar-refractivity contribution >= 4 is 21.8 Å². The zero-order valence-electron chi connectivity index (χ0n) is 10.2. The molecule has 5 nitrogen and oxygen atoms in total. The maximum absolute atomic E-state index is 11.9. The lowest BCUT2D eigenvalue weighted by Gasteiger charge is -2.03. The third-order valence-electron chi connectivity index (χ3n) is 2.55. The summed E-state index contributed by atoms with van der Waals surface area (Å²) in [4.78, 5) is 16.0. The summed E-state index contributed by atoms with van der Waals surface area (Å²) < 4.78 is 8.04. The number of nitrogens with zero attached hydrogens (tertiary/aromatic N) is 2. The van der Waals surface area contributed by atoms with Crippen molar-refractivity contribution in [2.45, 2.75) is 19.9 Å². The zero-order valence-corrected chi connectivity index (χ0v) is 11.8. The molecule has 2 rings (SSSR count). The molecule has 18 heavy (non-hydrogen) atoms. The Morgan fingerprint density at radius 2 is 2.39 bits per heavy atom. The van der Waals surface area contributed by atoms with Gasteiger partial charge in [-0.2, -0.15) is 0 Å². The number of hydrogen-bond donors (Lipinski definition) is 1. The van der Waals surface area contributed by atoms with Gasteiger partial charge in [-0.3, -0.25) is 4.79 Å². The van der Waals surface area contributed by atoms with Gasteiger partial charge in [0.1, 0.15) is 11.5 Å². The summed E-state index contributed by atoms with van der Waals surface area (Å²) in [5, 5.41) is 2.77. The summed E-state index contributed by atoms with van der Waals surface area (Å²) in [6.45, 7) is 2.28. The smallest absolute Gasteiger partial charge is 0.268 e. The van der Waals surface area contributed by atoms with Crippen molar-refractivity contribution in [3.63, 3.8) is 0 Å². The Balaban J connectivity index is 1.98. The Kier molecular flexibility index (Phi) is 3.86. The van der Waals surface area contributed by atoms with Gasteiger partial charge >= 0.3 is 0 Å². The maximum Gasteiger partial charge on any atom is 0.268 e. The van der Waals surface area contributed by atoms with Crippen LogP contribution in [0.3, 0.4) is 0 Å². The number of aryl methyl sites for hydroxylation is 2. The zero-order chi connectivity index (χ0) is 13.1. The molecule has 2 heterocycles. The monoisotopic (exact) mass is 311 g/mol. The van der Waals surface area contributed by atoms with E-state index in [0.29, 0.717) is 18.1 Å². The van der Waals surface area contributed by atoms with Gasteiger partial charge in [-0.15, -0.1) is 0 Å². The molecule has 0 bridgehead atoms. The first kappa shape index (κ1) is 12.9. The average molecular weight is 312 g/mol. The van der Waals surface area contributed by atoms with E-state index in [0.717, 1.165) is 16.7 Å². The molecule has 2 aromatic heterocycles. The summed E-state index contributed by atoms with van der Waals surface area (Å²) in [7, 11) is 1.82. The van der Waals surface area contributed by atoms with Gasteiger partial charge < -0.3 is 14.3 Å². The van der Waals surface area contributed by atoms with E-state index in [1.165, 1.54) is 0 Å². The van der Waals surface area contributed by atoms with E-state index in [-0.39, 0.29) is 5.91 Å². The van der Waals surface area contributed by atoms with Gasteiger partial charge in [-0.1, -0.05) is 6.92 Å². The van der Waals surface area contributed by atoms with E-state index in [2.05, 4.69) is 26.2 Å². The van der Waals surface area contributed by atoms with Crippen LogP contribution in [0.4, 0.5) is 0 Å². The SMILES string of the molecule is CCc1cnc(CNC(=O)c2cc(Br)cn2C)o1. The molecule has 1 N–H and O–H groups in total. The molecule has 0 fully saturated rings. The molecular weight excluding hydrogens is 298 g/mol. The van der Waals surface area contributed by atoms with E-state index >= 15 is 0 Å². The van der Waals surface area contributed by atoms with Crippen molar-refractivity contribution in [2.24, 2.45) is 7.05 Å². The van der Waals surface area contributed by atoms with Crippen LogP contribution in [0.15, 0.2) is 27.3 Å². The molecule has 0 spiro atoms. The number of nitrogens with one attached hydrogen (secondary N) is 1. The molecule has 0 aromatic carbocycles. The molecule has 1 amide bonds.